The number of hydrogen-bond donors (Lipinski definition) is 1. The quantitative estimate of drug-likeness (QED) is 0.711. The van der Waals surface area contributed by atoms with Crippen LogP contribution in [0.2, 0.25) is 0 Å². The van der Waals surface area contributed by atoms with Gasteiger partial charge >= 0.3 is 5.97 Å². The molecule has 0 aliphatic heterocycles. The lowest BCUT2D eigenvalue weighted by atomic mass is 9.83. The van der Waals surface area contributed by atoms with Crippen LogP contribution in [-0.2, 0) is 9.53 Å². The third-order valence-corrected chi connectivity index (χ3v) is 3.25. The van der Waals surface area contributed by atoms with Gasteiger partial charge in [0.2, 0.25) is 0 Å². The maximum absolute atomic E-state index is 11.5. The molecule has 3 heteroatoms. The van der Waals surface area contributed by atoms with E-state index in [4.69, 9.17) is 10.5 Å². The van der Waals surface area contributed by atoms with Gasteiger partial charge in [-0.15, -0.1) is 0 Å². The van der Waals surface area contributed by atoms with E-state index in [9.17, 15) is 4.79 Å². The minimum absolute atomic E-state index is 0.0759. The Labute approximate surface area is 92.4 Å². The summed E-state index contributed by atoms with van der Waals surface area (Å²) in [5.74, 6) is 0.510. The lowest BCUT2D eigenvalue weighted by Crippen LogP contribution is -2.28. The van der Waals surface area contributed by atoms with E-state index in [-0.39, 0.29) is 11.9 Å². The monoisotopic (exact) mass is 213 g/mol. The van der Waals surface area contributed by atoms with Crippen LogP contribution in [0.1, 0.15) is 45.4 Å². The molecular formula is C12H23NO2. The number of esters is 1. The van der Waals surface area contributed by atoms with Gasteiger partial charge in [-0.1, -0.05) is 32.1 Å². The lowest BCUT2D eigenvalue weighted by Gasteiger charge is -2.24. The fourth-order valence-corrected chi connectivity index (χ4v) is 2.37. The van der Waals surface area contributed by atoms with Crippen LogP contribution in [0.3, 0.4) is 0 Å². The van der Waals surface area contributed by atoms with Gasteiger partial charge in [-0.05, 0) is 19.3 Å². The van der Waals surface area contributed by atoms with Gasteiger partial charge in [0.15, 0.2) is 0 Å². The second-order valence-electron chi connectivity index (χ2n) is 4.42. The van der Waals surface area contributed by atoms with E-state index in [1.54, 1.807) is 0 Å². The third kappa shape index (κ3) is 4.20. The van der Waals surface area contributed by atoms with Gasteiger partial charge < -0.3 is 10.5 Å². The van der Waals surface area contributed by atoms with Crippen LogP contribution in [0.25, 0.3) is 0 Å². The van der Waals surface area contributed by atoms with Crippen molar-refractivity contribution in [3.8, 4) is 0 Å². The first-order valence-corrected chi connectivity index (χ1v) is 6.14. The van der Waals surface area contributed by atoms with Gasteiger partial charge in [0.05, 0.1) is 12.5 Å². The van der Waals surface area contributed by atoms with E-state index >= 15 is 0 Å². The van der Waals surface area contributed by atoms with Crippen LogP contribution in [-0.4, -0.2) is 19.1 Å². The third-order valence-electron chi connectivity index (χ3n) is 3.25. The average molecular weight is 213 g/mol. The van der Waals surface area contributed by atoms with Crippen LogP contribution in [0.15, 0.2) is 0 Å². The normalized spacial score (nSPS) is 19.9. The summed E-state index contributed by atoms with van der Waals surface area (Å²) in [6.45, 7) is 2.72. The van der Waals surface area contributed by atoms with Crippen LogP contribution in [0, 0.1) is 11.8 Å². The summed E-state index contributed by atoms with van der Waals surface area (Å²) >= 11 is 0. The molecule has 0 aromatic heterocycles. The predicted molar refractivity (Wildman–Crippen MR) is 60.4 cm³/mol. The molecule has 1 aliphatic rings. The molecule has 88 valence electrons. The molecule has 1 atom stereocenters. The summed E-state index contributed by atoms with van der Waals surface area (Å²) in [5, 5.41) is 0. The van der Waals surface area contributed by atoms with Crippen molar-refractivity contribution >= 4 is 5.97 Å². The molecule has 0 heterocycles. The number of rotatable bonds is 5. The zero-order chi connectivity index (χ0) is 11.1. The lowest BCUT2D eigenvalue weighted by molar-refractivity contribution is -0.148. The van der Waals surface area contributed by atoms with Crippen molar-refractivity contribution in [1.29, 1.82) is 0 Å². The average Bonchev–Trinajstić information content (AvgIpc) is 2.27. The molecule has 0 aromatic rings. The maximum Gasteiger partial charge on any atom is 0.310 e. The first kappa shape index (κ1) is 12.5. The molecule has 0 unspecified atom stereocenters. The molecular weight excluding hydrogens is 190 g/mol. The SMILES string of the molecule is CCOC(=O)[C@H](CN)CC1CCCCC1. The number of ether oxygens (including phenoxy) is 1. The zero-order valence-corrected chi connectivity index (χ0v) is 9.71. The van der Waals surface area contributed by atoms with Gasteiger partial charge in [0.25, 0.3) is 0 Å². The van der Waals surface area contributed by atoms with E-state index in [1.165, 1.54) is 32.1 Å². The highest BCUT2D eigenvalue weighted by atomic mass is 16.5. The van der Waals surface area contributed by atoms with Crippen molar-refractivity contribution in [3.63, 3.8) is 0 Å². The summed E-state index contributed by atoms with van der Waals surface area (Å²) in [5.41, 5.74) is 5.62. The highest BCUT2D eigenvalue weighted by Crippen LogP contribution is 2.29. The van der Waals surface area contributed by atoms with Gasteiger partial charge in [-0.2, -0.15) is 0 Å². The highest BCUT2D eigenvalue weighted by Gasteiger charge is 2.23. The van der Waals surface area contributed by atoms with Gasteiger partial charge in [-0.3, -0.25) is 4.79 Å². The summed E-state index contributed by atoms with van der Waals surface area (Å²) in [6, 6.07) is 0. The first-order chi connectivity index (χ1) is 7.27. The van der Waals surface area contributed by atoms with E-state index in [2.05, 4.69) is 0 Å². The molecule has 0 aromatic carbocycles. The van der Waals surface area contributed by atoms with Crippen LogP contribution >= 0.6 is 0 Å². The summed E-state index contributed by atoms with van der Waals surface area (Å²) < 4.78 is 5.02. The molecule has 1 fully saturated rings. The minimum atomic E-state index is -0.106. The van der Waals surface area contributed by atoms with Crippen molar-refractivity contribution < 1.29 is 9.53 Å². The highest BCUT2D eigenvalue weighted by molar-refractivity contribution is 5.72. The Morgan fingerprint density at radius 3 is 2.60 bits per heavy atom. The molecule has 0 spiro atoms. The number of carbonyl (C=O) groups is 1. The summed E-state index contributed by atoms with van der Waals surface area (Å²) in [6.07, 6.45) is 7.42. The fraction of sp³-hybridized carbons (Fsp3) is 0.917. The molecule has 2 N–H and O–H groups in total. The van der Waals surface area contributed by atoms with Crippen molar-refractivity contribution in [1.82, 2.24) is 0 Å². The number of nitrogens with two attached hydrogens (primary N) is 1. The van der Waals surface area contributed by atoms with Gasteiger partial charge in [0.1, 0.15) is 0 Å². The second-order valence-corrected chi connectivity index (χ2v) is 4.42. The van der Waals surface area contributed by atoms with Crippen LogP contribution < -0.4 is 5.73 Å². The maximum atomic E-state index is 11.5. The number of hydrogen-bond acceptors (Lipinski definition) is 3. The topological polar surface area (TPSA) is 52.3 Å². The van der Waals surface area contributed by atoms with E-state index in [0.29, 0.717) is 19.1 Å². The molecule has 0 radical (unpaired) electrons. The molecule has 0 bridgehead atoms. The van der Waals surface area contributed by atoms with Crippen molar-refractivity contribution in [2.45, 2.75) is 45.4 Å². The molecule has 0 amide bonds. The smallest absolute Gasteiger partial charge is 0.310 e. The zero-order valence-electron chi connectivity index (χ0n) is 9.71. The standard InChI is InChI=1S/C12H23NO2/c1-2-15-12(14)11(9-13)8-10-6-4-3-5-7-10/h10-11H,2-9,13H2,1H3/t11-/m0/s1. The first-order valence-electron chi connectivity index (χ1n) is 6.14. The van der Waals surface area contributed by atoms with Gasteiger partial charge in [-0.25, -0.2) is 0 Å². The van der Waals surface area contributed by atoms with E-state index in [1.807, 2.05) is 6.92 Å². The predicted octanol–water partition coefficient (Wildman–Crippen LogP) is 2.09. The molecule has 15 heavy (non-hydrogen) atoms. The van der Waals surface area contributed by atoms with Crippen molar-refractivity contribution in [3.05, 3.63) is 0 Å². The number of carbonyl (C=O) groups excluding carboxylic acids is 1. The largest absolute Gasteiger partial charge is 0.466 e. The molecule has 1 rings (SSSR count). The van der Waals surface area contributed by atoms with Crippen LogP contribution in [0.5, 0.6) is 0 Å². The van der Waals surface area contributed by atoms with Crippen molar-refractivity contribution in [2.75, 3.05) is 13.2 Å². The molecule has 1 saturated carbocycles. The Bertz CT molecular complexity index is 188. The molecule has 3 nitrogen and oxygen atoms in total. The fourth-order valence-electron chi connectivity index (χ4n) is 2.37. The van der Waals surface area contributed by atoms with Crippen molar-refractivity contribution in [2.24, 2.45) is 17.6 Å². The second kappa shape index (κ2) is 6.83. The van der Waals surface area contributed by atoms with Gasteiger partial charge in [0, 0.05) is 6.54 Å². The Morgan fingerprint density at radius 1 is 1.40 bits per heavy atom. The Balaban J connectivity index is 2.34. The summed E-state index contributed by atoms with van der Waals surface area (Å²) in [4.78, 5) is 11.5. The molecule has 1 aliphatic carbocycles. The minimum Gasteiger partial charge on any atom is -0.466 e. The summed E-state index contributed by atoms with van der Waals surface area (Å²) in [7, 11) is 0. The van der Waals surface area contributed by atoms with Crippen LogP contribution in [0.4, 0.5) is 0 Å². The Hall–Kier alpha value is -0.570. The Morgan fingerprint density at radius 2 is 2.07 bits per heavy atom. The van der Waals surface area contributed by atoms with E-state index < -0.39 is 0 Å². The van der Waals surface area contributed by atoms with E-state index in [0.717, 1.165) is 6.42 Å². The Kier molecular flexibility index (Phi) is 5.69. The molecule has 0 saturated heterocycles.